The van der Waals surface area contributed by atoms with Crippen molar-refractivity contribution in [2.24, 2.45) is 12.1 Å². The molecular formula is C26H28ClN7O2. The van der Waals surface area contributed by atoms with E-state index in [1.165, 1.54) is 0 Å². The zero-order chi connectivity index (χ0) is 25.6. The zero-order valence-corrected chi connectivity index (χ0v) is 21.6. The van der Waals surface area contributed by atoms with Crippen LogP contribution in [-0.2, 0) is 11.8 Å². The number of nitrogens with one attached hydrogen (secondary N) is 1. The van der Waals surface area contributed by atoms with Crippen molar-refractivity contribution >= 4 is 46.3 Å². The van der Waals surface area contributed by atoms with Gasteiger partial charge in [-0.1, -0.05) is 17.7 Å². The Kier molecular flexibility index (Phi) is 5.96. The first kappa shape index (κ1) is 23.9. The van der Waals surface area contributed by atoms with Gasteiger partial charge in [-0.25, -0.2) is 14.3 Å². The van der Waals surface area contributed by atoms with E-state index >= 15 is 0 Å². The van der Waals surface area contributed by atoms with Crippen molar-refractivity contribution < 1.29 is 9.53 Å². The van der Waals surface area contributed by atoms with E-state index in [0.29, 0.717) is 22.1 Å². The lowest BCUT2D eigenvalue weighted by Crippen LogP contribution is -2.27. The fourth-order valence-electron chi connectivity index (χ4n) is 4.21. The zero-order valence-electron chi connectivity index (χ0n) is 20.9. The van der Waals surface area contributed by atoms with Crippen LogP contribution < -0.4 is 5.32 Å². The van der Waals surface area contributed by atoms with E-state index in [1.807, 2.05) is 82.6 Å². The molecular weight excluding hydrogens is 478 g/mol. The Labute approximate surface area is 214 Å². The molecule has 0 saturated carbocycles. The Hall–Kier alpha value is -3.85. The number of rotatable bonds is 4. The van der Waals surface area contributed by atoms with Crippen LogP contribution in [0, 0.1) is 0 Å². The maximum absolute atomic E-state index is 13.3. The molecule has 0 saturated heterocycles. The minimum atomic E-state index is -0.651. The summed E-state index contributed by atoms with van der Waals surface area (Å²) in [5.74, 6) is 0.763. The van der Waals surface area contributed by atoms with Crippen molar-refractivity contribution in [2.45, 2.75) is 32.3 Å². The molecule has 0 fully saturated rings. The summed E-state index contributed by atoms with van der Waals surface area (Å²) in [4.78, 5) is 17.8. The molecule has 0 spiro atoms. The van der Waals surface area contributed by atoms with Crippen molar-refractivity contribution in [2.75, 3.05) is 18.9 Å². The molecule has 0 aliphatic carbocycles. The summed E-state index contributed by atoms with van der Waals surface area (Å²) in [7, 11) is 3.78. The number of halogens is 1. The second kappa shape index (κ2) is 8.98. The van der Waals surface area contributed by atoms with E-state index < -0.39 is 11.7 Å². The Balaban J connectivity index is 1.51. The summed E-state index contributed by atoms with van der Waals surface area (Å²) in [6.07, 6.45) is 6.76. The van der Waals surface area contributed by atoms with E-state index in [9.17, 15) is 4.79 Å². The normalized spacial score (nSPS) is 15.6. The lowest BCUT2D eigenvalue weighted by molar-refractivity contribution is 0.0547. The smallest absolute Gasteiger partial charge is 0.419 e. The predicted molar refractivity (Wildman–Crippen MR) is 142 cm³/mol. The van der Waals surface area contributed by atoms with Gasteiger partial charge in [0.05, 0.1) is 28.1 Å². The van der Waals surface area contributed by atoms with Gasteiger partial charge in [-0.15, -0.1) is 0 Å². The van der Waals surface area contributed by atoms with Crippen LogP contribution >= 0.6 is 11.6 Å². The van der Waals surface area contributed by atoms with Gasteiger partial charge in [-0.3, -0.25) is 9.69 Å². The Morgan fingerprint density at radius 1 is 1.17 bits per heavy atom. The molecule has 1 aromatic carbocycles. The Morgan fingerprint density at radius 3 is 2.61 bits per heavy atom. The highest BCUT2D eigenvalue weighted by atomic mass is 35.5. The van der Waals surface area contributed by atoms with Crippen LogP contribution in [0.3, 0.4) is 0 Å². The number of hydrogen-bond donors (Lipinski definition) is 1. The number of aromatic nitrogens is 4. The summed E-state index contributed by atoms with van der Waals surface area (Å²) in [5.41, 5.74) is 3.31. The molecule has 0 radical (unpaired) electrons. The largest absolute Gasteiger partial charge is 0.443 e. The van der Waals surface area contributed by atoms with E-state index in [1.54, 1.807) is 21.6 Å². The molecule has 4 heterocycles. The topological polar surface area (TPSA) is 89.6 Å². The molecule has 1 unspecified atom stereocenters. The molecule has 0 bridgehead atoms. The minimum Gasteiger partial charge on any atom is -0.443 e. The summed E-state index contributed by atoms with van der Waals surface area (Å²) in [6, 6.07) is 9.65. The van der Waals surface area contributed by atoms with Crippen LogP contribution in [0.15, 0.2) is 54.0 Å². The number of carbonyl (C=O) groups is 1. The van der Waals surface area contributed by atoms with E-state index in [2.05, 4.69) is 20.5 Å². The molecule has 9 nitrogen and oxygen atoms in total. The number of likely N-dealkylation sites (N-methyl/N-ethyl adjacent to an activating group) is 1. The molecule has 4 aromatic rings. The standard InChI is InChI=1S/C26H28ClN7O2/c1-26(2,3)36-25(35)34-22(19-13-30-33(5)15-19)9-17-11-28-24(10-23(17)34)31-21-7-6-16(8-20(21)27)18-12-29-32(4)14-18/h6-13,15,18H,14H2,1-5H3,(H,28,31). The number of carbonyl (C=O) groups excluding carboxylic acids is 1. The number of pyridine rings is 1. The molecule has 3 aromatic heterocycles. The third kappa shape index (κ3) is 4.79. The molecule has 1 aliphatic heterocycles. The van der Waals surface area contributed by atoms with Crippen LogP contribution in [0.4, 0.5) is 16.3 Å². The first-order chi connectivity index (χ1) is 17.1. The molecule has 186 valence electrons. The Morgan fingerprint density at radius 2 is 1.97 bits per heavy atom. The van der Waals surface area contributed by atoms with Gasteiger partial charge >= 0.3 is 6.09 Å². The Bertz CT molecular complexity index is 1480. The van der Waals surface area contributed by atoms with Crippen LogP contribution in [-0.4, -0.2) is 55.8 Å². The first-order valence-corrected chi connectivity index (χ1v) is 12.0. The molecule has 5 rings (SSSR count). The molecule has 0 amide bonds. The fourth-order valence-corrected chi connectivity index (χ4v) is 4.44. The van der Waals surface area contributed by atoms with Crippen molar-refractivity contribution in [3.05, 3.63) is 59.5 Å². The number of benzene rings is 1. The van der Waals surface area contributed by atoms with Crippen LogP contribution in [0.5, 0.6) is 0 Å². The monoisotopic (exact) mass is 505 g/mol. The number of aryl methyl sites for hydroxylation is 1. The van der Waals surface area contributed by atoms with Crippen molar-refractivity contribution in [3.63, 3.8) is 0 Å². The number of fused-ring (bicyclic) bond motifs is 1. The van der Waals surface area contributed by atoms with Gasteiger partial charge in [0.25, 0.3) is 0 Å². The third-order valence-corrected chi connectivity index (χ3v) is 6.16. The van der Waals surface area contributed by atoms with Gasteiger partial charge in [0.2, 0.25) is 0 Å². The van der Waals surface area contributed by atoms with E-state index in [4.69, 9.17) is 16.3 Å². The van der Waals surface area contributed by atoms with Gasteiger partial charge in [0.1, 0.15) is 11.4 Å². The third-order valence-electron chi connectivity index (χ3n) is 5.85. The fraction of sp³-hybridized carbons (Fsp3) is 0.308. The maximum Gasteiger partial charge on any atom is 0.419 e. The number of ether oxygens (including phenoxy) is 1. The highest BCUT2D eigenvalue weighted by Gasteiger charge is 2.24. The highest BCUT2D eigenvalue weighted by molar-refractivity contribution is 6.33. The molecule has 1 atom stereocenters. The van der Waals surface area contributed by atoms with Gasteiger partial charge in [-0.05, 0) is 44.5 Å². The number of hydrogen-bond acceptors (Lipinski definition) is 7. The second-order valence-corrected chi connectivity index (χ2v) is 10.4. The van der Waals surface area contributed by atoms with Crippen LogP contribution in [0.1, 0.15) is 32.3 Å². The van der Waals surface area contributed by atoms with Crippen molar-refractivity contribution in [3.8, 4) is 11.3 Å². The maximum atomic E-state index is 13.3. The molecule has 36 heavy (non-hydrogen) atoms. The first-order valence-electron chi connectivity index (χ1n) is 11.6. The molecule has 10 heteroatoms. The van der Waals surface area contributed by atoms with E-state index in [-0.39, 0.29) is 5.92 Å². The van der Waals surface area contributed by atoms with Gasteiger partial charge < -0.3 is 10.1 Å². The predicted octanol–water partition coefficient (Wildman–Crippen LogP) is 5.63. The summed E-state index contributed by atoms with van der Waals surface area (Å²) < 4.78 is 8.98. The highest BCUT2D eigenvalue weighted by Crippen LogP contribution is 2.33. The van der Waals surface area contributed by atoms with Gasteiger partial charge in [0, 0.05) is 62.2 Å². The number of hydrazone groups is 1. The van der Waals surface area contributed by atoms with Gasteiger partial charge in [0.15, 0.2) is 0 Å². The van der Waals surface area contributed by atoms with Gasteiger partial charge in [-0.2, -0.15) is 10.2 Å². The number of nitrogens with zero attached hydrogens (tertiary/aromatic N) is 6. The van der Waals surface area contributed by atoms with Crippen LogP contribution in [0.2, 0.25) is 5.02 Å². The summed E-state index contributed by atoms with van der Waals surface area (Å²) >= 11 is 6.62. The molecule has 1 N–H and O–H groups in total. The average molecular weight is 506 g/mol. The number of anilines is 2. The second-order valence-electron chi connectivity index (χ2n) is 9.95. The SMILES string of the molecule is CN1CC(c2ccc(Nc3cc4c(cn3)cc(-c3cnn(C)c3)n4C(=O)OC(C)(C)C)c(Cl)c2)C=N1. The average Bonchev–Trinajstić information content (AvgIpc) is 3.51. The van der Waals surface area contributed by atoms with Crippen molar-refractivity contribution in [1.82, 2.24) is 24.3 Å². The summed E-state index contributed by atoms with van der Waals surface area (Å²) in [6.45, 7) is 6.35. The van der Waals surface area contributed by atoms with Crippen LogP contribution in [0.25, 0.3) is 22.2 Å². The van der Waals surface area contributed by atoms with Crippen molar-refractivity contribution in [1.29, 1.82) is 0 Å². The van der Waals surface area contributed by atoms with E-state index in [0.717, 1.165) is 28.7 Å². The lowest BCUT2D eigenvalue weighted by Gasteiger charge is -2.21. The minimum absolute atomic E-state index is 0.207. The summed E-state index contributed by atoms with van der Waals surface area (Å²) in [5, 5.41) is 15.1. The lowest BCUT2D eigenvalue weighted by atomic mass is 10.0. The quantitative estimate of drug-likeness (QED) is 0.386. The molecule has 1 aliphatic rings.